The number of aryl methyl sites for hydroxylation is 1. The minimum absolute atomic E-state index is 0.246. The van der Waals surface area contributed by atoms with Crippen LogP contribution in [0.5, 0.6) is 5.75 Å². The summed E-state index contributed by atoms with van der Waals surface area (Å²) in [5.41, 5.74) is 3.23. The quantitative estimate of drug-likeness (QED) is 0.731. The summed E-state index contributed by atoms with van der Waals surface area (Å²) in [7, 11) is 0. The van der Waals surface area contributed by atoms with Crippen molar-refractivity contribution >= 4 is 23.2 Å². The van der Waals surface area contributed by atoms with Crippen LogP contribution in [0.4, 0.5) is 5.69 Å². The van der Waals surface area contributed by atoms with Gasteiger partial charge in [0.1, 0.15) is 5.75 Å². The summed E-state index contributed by atoms with van der Waals surface area (Å²) in [5.74, 6) is 0.264. The largest absolute Gasteiger partial charge is 0.492 e. The molecule has 1 N–H and O–H groups in total. The first-order valence-corrected chi connectivity index (χ1v) is 8.61. The fraction of sp³-hybridized carbons (Fsp3) is 0.211. The molecule has 1 amide bonds. The number of para-hydroxylation sites is 2. The maximum atomic E-state index is 12.7. The minimum Gasteiger partial charge on any atom is -0.492 e. The predicted molar refractivity (Wildman–Crippen MR) is 101 cm³/mol. The molecule has 0 aliphatic heterocycles. The van der Waals surface area contributed by atoms with Gasteiger partial charge < -0.3 is 10.1 Å². The van der Waals surface area contributed by atoms with Gasteiger partial charge in [-0.05, 0) is 50.6 Å². The second-order valence-corrected chi connectivity index (χ2v) is 6.19. The minimum atomic E-state index is -0.347. The second-order valence-electron chi connectivity index (χ2n) is 5.75. The molecule has 3 rings (SSSR count). The Labute approximate surface area is 156 Å². The molecule has 0 spiro atoms. The average Bonchev–Trinajstić information content (AvgIpc) is 3.00. The smallest absolute Gasteiger partial charge is 0.278 e. The molecule has 0 bridgehead atoms. The topological polar surface area (TPSA) is 69.0 Å². The fourth-order valence-corrected chi connectivity index (χ4v) is 2.78. The summed E-state index contributed by atoms with van der Waals surface area (Å²) >= 11 is 6.09. The molecule has 0 unspecified atom stereocenters. The van der Waals surface area contributed by atoms with Crippen LogP contribution in [0.25, 0.3) is 5.69 Å². The van der Waals surface area contributed by atoms with Crippen molar-refractivity contribution < 1.29 is 9.53 Å². The van der Waals surface area contributed by atoms with E-state index < -0.39 is 0 Å². The Balaban J connectivity index is 1.91. The number of ether oxygens (including phenoxy) is 1. The van der Waals surface area contributed by atoms with E-state index in [2.05, 4.69) is 15.6 Å². The number of benzene rings is 2. The van der Waals surface area contributed by atoms with Crippen LogP contribution in [-0.4, -0.2) is 27.5 Å². The number of hydrogen-bond donors (Lipinski definition) is 1. The van der Waals surface area contributed by atoms with Crippen LogP contribution in [0.2, 0.25) is 5.02 Å². The normalized spacial score (nSPS) is 10.6. The van der Waals surface area contributed by atoms with Crippen molar-refractivity contribution in [2.24, 2.45) is 0 Å². The number of carbonyl (C=O) groups is 1. The van der Waals surface area contributed by atoms with Crippen molar-refractivity contribution in [1.82, 2.24) is 15.0 Å². The third kappa shape index (κ3) is 3.55. The molecule has 3 aromatic rings. The lowest BCUT2D eigenvalue weighted by molar-refractivity contribution is 0.102. The SMILES string of the molecule is CCOc1ccccc1NC(=O)c1nnn(-c2cc(Cl)ccc2C)c1C. The van der Waals surface area contributed by atoms with Gasteiger partial charge in [-0.2, -0.15) is 0 Å². The van der Waals surface area contributed by atoms with Gasteiger partial charge in [-0.25, -0.2) is 4.68 Å². The highest BCUT2D eigenvalue weighted by atomic mass is 35.5. The van der Waals surface area contributed by atoms with Crippen molar-refractivity contribution in [3.05, 3.63) is 64.4 Å². The summed E-state index contributed by atoms with van der Waals surface area (Å²) < 4.78 is 7.15. The zero-order valence-corrected chi connectivity index (χ0v) is 15.5. The summed E-state index contributed by atoms with van der Waals surface area (Å²) in [6.45, 7) is 6.15. The standard InChI is InChI=1S/C19H19ClN4O2/c1-4-26-17-8-6-5-7-15(17)21-19(25)18-13(3)24(23-22-18)16-11-14(20)10-9-12(16)2/h5-11H,4H2,1-3H3,(H,21,25). The Hall–Kier alpha value is -2.86. The van der Waals surface area contributed by atoms with Crippen LogP contribution < -0.4 is 10.1 Å². The lowest BCUT2D eigenvalue weighted by Gasteiger charge is -2.11. The summed E-state index contributed by atoms with van der Waals surface area (Å²) in [4.78, 5) is 12.7. The number of anilines is 1. The van der Waals surface area contributed by atoms with Gasteiger partial charge in [-0.3, -0.25) is 4.79 Å². The number of amides is 1. The third-order valence-corrected chi connectivity index (χ3v) is 4.18. The van der Waals surface area contributed by atoms with E-state index in [9.17, 15) is 4.79 Å². The monoisotopic (exact) mass is 370 g/mol. The molecule has 0 radical (unpaired) electrons. The van der Waals surface area contributed by atoms with Crippen LogP contribution >= 0.6 is 11.6 Å². The van der Waals surface area contributed by atoms with Gasteiger partial charge in [0.05, 0.1) is 23.7 Å². The maximum Gasteiger partial charge on any atom is 0.278 e. The Bertz CT molecular complexity index is 952. The molecule has 0 saturated heterocycles. The zero-order chi connectivity index (χ0) is 18.7. The van der Waals surface area contributed by atoms with E-state index in [4.69, 9.17) is 16.3 Å². The van der Waals surface area contributed by atoms with Gasteiger partial charge in [-0.1, -0.05) is 35.0 Å². The first kappa shape index (κ1) is 17.9. The van der Waals surface area contributed by atoms with Gasteiger partial charge >= 0.3 is 0 Å². The molecule has 0 aliphatic carbocycles. The highest BCUT2D eigenvalue weighted by Gasteiger charge is 2.19. The van der Waals surface area contributed by atoms with Crippen molar-refractivity contribution in [1.29, 1.82) is 0 Å². The molecule has 134 valence electrons. The third-order valence-electron chi connectivity index (χ3n) is 3.94. The van der Waals surface area contributed by atoms with Crippen LogP contribution in [0, 0.1) is 13.8 Å². The fourth-order valence-electron chi connectivity index (χ4n) is 2.61. The zero-order valence-electron chi connectivity index (χ0n) is 14.8. The summed E-state index contributed by atoms with van der Waals surface area (Å²) in [6.07, 6.45) is 0. The lowest BCUT2D eigenvalue weighted by atomic mass is 10.2. The van der Waals surface area contributed by atoms with E-state index in [-0.39, 0.29) is 11.6 Å². The molecule has 0 saturated carbocycles. The van der Waals surface area contributed by atoms with Gasteiger partial charge in [0.2, 0.25) is 0 Å². The molecule has 1 aromatic heterocycles. The van der Waals surface area contributed by atoms with E-state index in [0.29, 0.717) is 28.8 Å². The van der Waals surface area contributed by atoms with Crippen LogP contribution in [-0.2, 0) is 0 Å². The number of nitrogens with zero attached hydrogens (tertiary/aromatic N) is 3. The van der Waals surface area contributed by atoms with Gasteiger partial charge in [0.15, 0.2) is 5.69 Å². The van der Waals surface area contributed by atoms with Crippen LogP contribution in [0.15, 0.2) is 42.5 Å². The van der Waals surface area contributed by atoms with Crippen molar-refractivity contribution in [2.75, 3.05) is 11.9 Å². The Kier molecular flexibility index (Phi) is 5.23. The van der Waals surface area contributed by atoms with E-state index in [0.717, 1.165) is 11.3 Å². The first-order valence-electron chi connectivity index (χ1n) is 8.23. The Morgan fingerprint density at radius 2 is 2.00 bits per heavy atom. The van der Waals surface area contributed by atoms with E-state index in [1.165, 1.54) is 0 Å². The number of nitrogens with one attached hydrogen (secondary N) is 1. The number of halogens is 1. The van der Waals surface area contributed by atoms with Gasteiger partial charge in [-0.15, -0.1) is 5.10 Å². The molecule has 1 heterocycles. The molecule has 6 nitrogen and oxygen atoms in total. The average molecular weight is 371 g/mol. The number of carbonyl (C=O) groups excluding carboxylic acids is 1. The Morgan fingerprint density at radius 3 is 2.77 bits per heavy atom. The number of aromatic nitrogens is 3. The van der Waals surface area contributed by atoms with Crippen molar-refractivity contribution in [2.45, 2.75) is 20.8 Å². The van der Waals surface area contributed by atoms with E-state index >= 15 is 0 Å². The number of hydrogen-bond acceptors (Lipinski definition) is 4. The van der Waals surface area contributed by atoms with E-state index in [1.807, 2.05) is 38.1 Å². The van der Waals surface area contributed by atoms with Crippen molar-refractivity contribution in [3.63, 3.8) is 0 Å². The second kappa shape index (κ2) is 7.58. The lowest BCUT2D eigenvalue weighted by Crippen LogP contribution is -2.15. The van der Waals surface area contributed by atoms with Crippen LogP contribution in [0.3, 0.4) is 0 Å². The molecular weight excluding hydrogens is 352 g/mol. The molecule has 26 heavy (non-hydrogen) atoms. The van der Waals surface area contributed by atoms with Gasteiger partial charge in [0, 0.05) is 5.02 Å². The van der Waals surface area contributed by atoms with Crippen molar-refractivity contribution in [3.8, 4) is 11.4 Å². The Morgan fingerprint density at radius 1 is 1.23 bits per heavy atom. The summed E-state index contributed by atoms with van der Waals surface area (Å²) in [6, 6.07) is 12.8. The molecule has 0 aliphatic rings. The highest BCUT2D eigenvalue weighted by molar-refractivity contribution is 6.30. The van der Waals surface area contributed by atoms with Crippen LogP contribution in [0.1, 0.15) is 28.7 Å². The molecule has 7 heteroatoms. The first-order chi connectivity index (χ1) is 12.5. The van der Waals surface area contributed by atoms with Gasteiger partial charge in [0.25, 0.3) is 5.91 Å². The molecule has 0 atom stereocenters. The molecule has 2 aromatic carbocycles. The molecule has 0 fully saturated rings. The van der Waals surface area contributed by atoms with E-state index in [1.54, 1.807) is 29.8 Å². The highest BCUT2D eigenvalue weighted by Crippen LogP contribution is 2.25. The summed E-state index contributed by atoms with van der Waals surface area (Å²) in [5, 5.41) is 11.6. The predicted octanol–water partition coefficient (Wildman–Crippen LogP) is 4.19. The maximum absolute atomic E-state index is 12.7. The number of rotatable bonds is 5. The molecular formula is C19H19ClN4O2.